The smallest absolute Gasteiger partial charge is 0.243 e. The van der Waals surface area contributed by atoms with E-state index in [2.05, 4.69) is 10.6 Å². The van der Waals surface area contributed by atoms with Crippen LogP contribution in [0.3, 0.4) is 0 Å². The Kier molecular flexibility index (Phi) is 8.37. The third-order valence-corrected chi connectivity index (χ3v) is 4.31. The number of hydrogen-bond donors (Lipinski definition) is 2. The molecule has 0 aromatic heterocycles. The Morgan fingerprint density at radius 3 is 2.17 bits per heavy atom. The molecule has 0 saturated heterocycles. The lowest BCUT2D eigenvalue weighted by Crippen LogP contribution is -2.42. The lowest BCUT2D eigenvalue weighted by molar-refractivity contribution is -0.134. The number of likely N-dealkylation sites (N-methyl/N-ethyl adjacent to an activating group) is 2. The van der Waals surface area contributed by atoms with Gasteiger partial charge >= 0.3 is 0 Å². The van der Waals surface area contributed by atoms with Crippen LogP contribution in [0.5, 0.6) is 5.75 Å². The van der Waals surface area contributed by atoms with Crippen LogP contribution >= 0.6 is 0 Å². The van der Waals surface area contributed by atoms with Crippen molar-refractivity contribution >= 4 is 29.1 Å². The number of benzene rings is 2. The van der Waals surface area contributed by atoms with Crippen molar-refractivity contribution in [2.24, 2.45) is 0 Å². The van der Waals surface area contributed by atoms with Gasteiger partial charge in [0.15, 0.2) is 0 Å². The number of amides is 3. The summed E-state index contributed by atoms with van der Waals surface area (Å²) in [5, 5.41) is 5.52. The van der Waals surface area contributed by atoms with E-state index < -0.39 is 0 Å². The highest BCUT2D eigenvalue weighted by molar-refractivity contribution is 5.95. The Morgan fingerprint density at radius 2 is 1.50 bits per heavy atom. The van der Waals surface area contributed by atoms with Crippen molar-refractivity contribution in [1.82, 2.24) is 9.80 Å². The van der Waals surface area contributed by atoms with E-state index in [1.807, 2.05) is 31.2 Å². The van der Waals surface area contributed by atoms with Gasteiger partial charge in [0, 0.05) is 24.5 Å². The minimum atomic E-state index is -0.320. The first-order valence-corrected chi connectivity index (χ1v) is 9.49. The zero-order valence-electron chi connectivity index (χ0n) is 17.8. The van der Waals surface area contributed by atoms with Crippen molar-refractivity contribution in [3.63, 3.8) is 0 Å². The molecule has 2 aromatic carbocycles. The van der Waals surface area contributed by atoms with Gasteiger partial charge in [0.2, 0.25) is 17.7 Å². The van der Waals surface area contributed by atoms with Crippen LogP contribution in [0, 0.1) is 6.92 Å². The number of rotatable bonds is 9. The van der Waals surface area contributed by atoms with E-state index >= 15 is 0 Å². The van der Waals surface area contributed by atoms with E-state index in [0.29, 0.717) is 17.1 Å². The number of hydrogen-bond acceptors (Lipinski definition) is 5. The van der Waals surface area contributed by atoms with Crippen LogP contribution < -0.4 is 15.4 Å². The third kappa shape index (κ3) is 7.56. The van der Waals surface area contributed by atoms with Gasteiger partial charge in [0.05, 0.1) is 26.7 Å². The topological polar surface area (TPSA) is 91.0 Å². The molecule has 3 amide bonds. The van der Waals surface area contributed by atoms with Crippen LogP contribution in [0.4, 0.5) is 11.4 Å². The van der Waals surface area contributed by atoms with Gasteiger partial charge in [0.1, 0.15) is 5.75 Å². The minimum absolute atomic E-state index is 0.0181. The summed E-state index contributed by atoms with van der Waals surface area (Å²) in [4.78, 5) is 39.6. The number of carbonyl (C=O) groups excluding carboxylic acids is 3. The second kappa shape index (κ2) is 11.0. The molecule has 0 aliphatic carbocycles. The minimum Gasteiger partial charge on any atom is -0.497 e. The van der Waals surface area contributed by atoms with Crippen LogP contribution in [0.15, 0.2) is 48.5 Å². The fourth-order valence-corrected chi connectivity index (χ4v) is 2.70. The fraction of sp³-hybridized carbons (Fsp3) is 0.318. The average molecular weight is 412 g/mol. The Hall–Kier alpha value is -3.39. The Balaban J connectivity index is 1.77. The van der Waals surface area contributed by atoms with Gasteiger partial charge < -0.3 is 20.3 Å². The van der Waals surface area contributed by atoms with Gasteiger partial charge in [-0.3, -0.25) is 19.3 Å². The van der Waals surface area contributed by atoms with Crippen molar-refractivity contribution < 1.29 is 19.1 Å². The van der Waals surface area contributed by atoms with E-state index in [4.69, 9.17) is 4.74 Å². The molecule has 0 radical (unpaired) electrons. The molecule has 160 valence electrons. The normalized spacial score (nSPS) is 10.4. The molecule has 0 aliphatic heterocycles. The number of ether oxygens (including phenoxy) is 1. The lowest BCUT2D eigenvalue weighted by atomic mass is 10.2. The SMILES string of the molecule is COc1cccc(NC(=O)CN(C)C(=O)CN(C)CC(=O)Nc2ccc(C)cc2)c1. The highest BCUT2D eigenvalue weighted by atomic mass is 16.5. The average Bonchev–Trinajstić information content (AvgIpc) is 2.69. The highest BCUT2D eigenvalue weighted by Crippen LogP contribution is 2.16. The van der Waals surface area contributed by atoms with Crippen molar-refractivity contribution in [1.29, 1.82) is 0 Å². The summed E-state index contributed by atoms with van der Waals surface area (Å²) >= 11 is 0. The molecule has 8 heteroatoms. The number of aryl methyl sites for hydroxylation is 1. The molecule has 0 fully saturated rings. The van der Waals surface area contributed by atoms with Gasteiger partial charge in [0.25, 0.3) is 0 Å². The van der Waals surface area contributed by atoms with E-state index in [1.165, 1.54) is 4.90 Å². The van der Waals surface area contributed by atoms with E-state index in [0.717, 1.165) is 5.56 Å². The summed E-state index contributed by atoms with van der Waals surface area (Å²) < 4.78 is 5.12. The molecule has 0 saturated carbocycles. The number of nitrogens with one attached hydrogen (secondary N) is 2. The molecular weight excluding hydrogens is 384 g/mol. The van der Waals surface area contributed by atoms with Gasteiger partial charge in [-0.05, 0) is 38.2 Å². The van der Waals surface area contributed by atoms with Crippen molar-refractivity contribution in [3.8, 4) is 5.75 Å². The zero-order valence-corrected chi connectivity index (χ0v) is 17.8. The first-order chi connectivity index (χ1) is 14.3. The van der Waals surface area contributed by atoms with Gasteiger partial charge in [-0.15, -0.1) is 0 Å². The zero-order chi connectivity index (χ0) is 22.1. The summed E-state index contributed by atoms with van der Waals surface area (Å²) in [7, 11) is 4.77. The van der Waals surface area contributed by atoms with E-state index in [-0.39, 0.29) is 37.4 Å². The van der Waals surface area contributed by atoms with Crippen LogP contribution in [0.2, 0.25) is 0 Å². The van der Waals surface area contributed by atoms with Crippen molar-refractivity contribution in [3.05, 3.63) is 54.1 Å². The molecule has 0 bridgehead atoms. The lowest BCUT2D eigenvalue weighted by Gasteiger charge is -2.21. The van der Waals surface area contributed by atoms with Crippen LogP contribution in [-0.4, -0.2) is 68.4 Å². The highest BCUT2D eigenvalue weighted by Gasteiger charge is 2.17. The van der Waals surface area contributed by atoms with Crippen LogP contribution in [0.25, 0.3) is 0 Å². The molecule has 30 heavy (non-hydrogen) atoms. The molecule has 2 rings (SSSR count). The molecule has 2 aromatic rings. The fourth-order valence-electron chi connectivity index (χ4n) is 2.70. The largest absolute Gasteiger partial charge is 0.497 e. The summed E-state index contributed by atoms with van der Waals surface area (Å²) in [6.45, 7) is 1.95. The summed E-state index contributed by atoms with van der Waals surface area (Å²) in [5.41, 5.74) is 2.40. The number of methoxy groups -OCH3 is 1. The monoisotopic (exact) mass is 412 g/mol. The van der Waals surface area contributed by atoms with Crippen LogP contribution in [0.1, 0.15) is 5.56 Å². The van der Waals surface area contributed by atoms with E-state index in [1.54, 1.807) is 50.4 Å². The maximum Gasteiger partial charge on any atom is 0.243 e. The van der Waals surface area contributed by atoms with Crippen molar-refractivity contribution in [2.75, 3.05) is 51.5 Å². The second-order valence-electron chi connectivity index (χ2n) is 7.12. The first-order valence-electron chi connectivity index (χ1n) is 9.49. The first kappa shape index (κ1) is 22.9. The molecule has 0 atom stereocenters. The standard InChI is InChI=1S/C22H28N4O4/c1-16-8-10-17(11-9-16)23-20(27)13-25(2)15-22(29)26(3)14-21(28)24-18-6-5-7-19(12-18)30-4/h5-12H,13-15H2,1-4H3,(H,23,27)(H,24,28). The number of carbonyl (C=O) groups is 3. The second-order valence-corrected chi connectivity index (χ2v) is 7.12. The molecule has 2 N–H and O–H groups in total. The molecule has 0 heterocycles. The van der Waals surface area contributed by atoms with Gasteiger partial charge in [-0.1, -0.05) is 23.8 Å². The maximum atomic E-state index is 12.4. The predicted molar refractivity (Wildman–Crippen MR) is 117 cm³/mol. The summed E-state index contributed by atoms with van der Waals surface area (Å²) in [5.74, 6) is -0.171. The molecule has 0 aliphatic rings. The molecule has 8 nitrogen and oxygen atoms in total. The predicted octanol–water partition coefficient (Wildman–Crippen LogP) is 1.97. The van der Waals surface area contributed by atoms with Gasteiger partial charge in [-0.25, -0.2) is 0 Å². The van der Waals surface area contributed by atoms with Gasteiger partial charge in [-0.2, -0.15) is 0 Å². The maximum absolute atomic E-state index is 12.4. The summed E-state index contributed by atoms with van der Waals surface area (Å²) in [6.07, 6.45) is 0. The molecule has 0 unspecified atom stereocenters. The quantitative estimate of drug-likeness (QED) is 0.657. The Bertz CT molecular complexity index is 883. The summed E-state index contributed by atoms with van der Waals surface area (Å²) in [6, 6.07) is 14.4. The molecule has 0 spiro atoms. The Labute approximate surface area is 176 Å². The Morgan fingerprint density at radius 1 is 0.867 bits per heavy atom. The third-order valence-electron chi connectivity index (χ3n) is 4.31. The number of anilines is 2. The van der Waals surface area contributed by atoms with E-state index in [9.17, 15) is 14.4 Å². The molecular formula is C22H28N4O4. The van der Waals surface area contributed by atoms with Crippen molar-refractivity contribution in [2.45, 2.75) is 6.92 Å². The van der Waals surface area contributed by atoms with Crippen LogP contribution in [-0.2, 0) is 14.4 Å². The number of nitrogens with zero attached hydrogens (tertiary/aromatic N) is 2.